The summed E-state index contributed by atoms with van der Waals surface area (Å²) in [6.45, 7) is 2.02. The normalized spacial score (nSPS) is 14.8. The van der Waals surface area contributed by atoms with E-state index < -0.39 is 0 Å². The molecular formula is C12H17ClFNO. The highest BCUT2D eigenvalue weighted by Crippen LogP contribution is 2.28. The molecule has 0 fully saturated rings. The smallest absolute Gasteiger partial charge is 0.123 e. The number of likely N-dealkylation sites (N-methyl/N-ethyl adjacent to an activating group) is 1. The van der Waals surface area contributed by atoms with Crippen molar-refractivity contribution in [2.45, 2.75) is 25.5 Å². The van der Waals surface area contributed by atoms with Crippen molar-refractivity contribution in [1.29, 1.82) is 0 Å². The number of halogens is 2. The maximum atomic E-state index is 13.2. The van der Waals surface area contributed by atoms with Crippen LogP contribution in [-0.4, -0.2) is 20.3 Å². The van der Waals surface area contributed by atoms with Crippen LogP contribution in [0.5, 0.6) is 0 Å². The second-order valence-corrected chi connectivity index (χ2v) is 4.02. The lowest BCUT2D eigenvalue weighted by Gasteiger charge is -2.25. The van der Waals surface area contributed by atoms with Crippen molar-refractivity contribution >= 4 is 11.6 Å². The maximum absolute atomic E-state index is 13.2. The SMILES string of the molecule is CCC(OC)C(NC)c1cc(F)ccc1Cl. The molecule has 1 aromatic carbocycles. The van der Waals surface area contributed by atoms with E-state index in [9.17, 15) is 4.39 Å². The lowest BCUT2D eigenvalue weighted by Crippen LogP contribution is -2.30. The van der Waals surface area contributed by atoms with E-state index in [0.717, 1.165) is 12.0 Å². The summed E-state index contributed by atoms with van der Waals surface area (Å²) in [4.78, 5) is 0. The van der Waals surface area contributed by atoms with Crippen molar-refractivity contribution in [3.8, 4) is 0 Å². The van der Waals surface area contributed by atoms with Crippen LogP contribution in [0.1, 0.15) is 24.9 Å². The molecule has 1 rings (SSSR count). The van der Waals surface area contributed by atoms with Gasteiger partial charge >= 0.3 is 0 Å². The Balaban J connectivity index is 3.06. The molecule has 2 atom stereocenters. The summed E-state index contributed by atoms with van der Waals surface area (Å²) in [6, 6.07) is 4.27. The molecule has 2 unspecified atom stereocenters. The fourth-order valence-electron chi connectivity index (χ4n) is 1.83. The summed E-state index contributed by atoms with van der Waals surface area (Å²) in [5.74, 6) is -0.286. The van der Waals surface area contributed by atoms with E-state index in [4.69, 9.17) is 16.3 Å². The minimum atomic E-state index is -0.286. The van der Waals surface area contributed by atoms with E-state index in [1.807, 2.05) is 14.0 Å². The molecule has 16 heavy (non-hydrogen) atoms. The first-order valence-electron chi connectivity index (χ1n) is 5.29. The number of nitrogens with one attached hydrogen (secondary N) is 1. The van der Waals surface area contributed by atoms with Crippen molar-refractivity contribution in [2.75, 3.05) is 14.2 Å². The fourth-order valence-corrected chi connectivity index (χ4v) is 2.07. The van der Waals surface area contributed by atoms with Crippen LogP contribution in [0.4, 0.5) is 4.39 Å². The predicted molar refractivity (Wildman–Crippen MR) is 64.3 cm³/mol. The quantitative estimate of drug-likeness (QED) is 0.861. The zero-order chi connectivity index (χ0) is 12.1. The van der Waals surface area contributed by atoms with E-state index in [2.05, 4.69) is 5.32 Å². The van der Waals surface area contributed by atoms with Gasteiger partial charge in [-0.05, 0) is 37.2 Å². The second-order valence-electron chi connectivity index (χ2n) is 3.61. The van der Waals surface area contributed by atoms with Crippen LogP contribution in [0, 0.1) is 5.82 Å². The van der Waals surface area contributed by atoms with Gasteiger partial charge in [0.2, 0.25) is 0 Å². The summed E-state index contributed by atoms with van der Waals surface area (Å²) >= 11 is 6.07. The highest BCUT2D eigenvalue weighted by atomic mass is 35.5. The molecule has 0 heterocycles. The molecule has 4 heteroatoms. The molecule has 0 bridgehead atoms. The van der Waals surface area contributed by atoms with Crippen LogP contribution in [0.15, 0.2) is 18.2 Å². The molecule has 1 aromatic rings. The Morgan fingerprint density at radius 3 is 2.69 bits per heavy atom. The van der Waals surface area contributed by atoms with Crippen molar-refractivity contribution in [1.82, 2.24) is 5.32 Å². The van der Waals surface area contributed by atoms with Gasteiger partial charge in [0.15, 0.2) is 0 Å². The lowest BCUT2D eigenvalue weighted by atomic mass is 9.99. The molecule has 90 valence electrons. The number of hydrogen-bond donors (Lipinski definition) is 1. The monoisotopic (exact) mass is 245 g/mol. The maximum Gasteiger partial charge on any atom is 0.123 e. The van der Waals surface area contributed by atoms with E-state index in [1.54, 1.807) is 13.2 Å². The minimum Gasteiger partial charge on any atom is -0.379 e. The van der Waals surface area contributed by atoms with Gasteiger partial charge in [0.05, 0.1) is 12.1 Å². The Bertz CT molecular complexity index is 342. The number of benzene rings is 1. The first-order valence-corrected chi connectivity index (χ1v) is 5.66. The average molecular weight is 246 g/mol. The van der Waals surface area contributed by atoms with Crippen LogP contribution < -0.4 is 5.32 Å². The Kier molecular flexibility index (Phi) is 5.19. The largest absolute Gasteiger partial charge is 0.379 e. The summed E-state index contributed by atoms with van der Waals surface area (Å²) in [5, 5.41) is 3.66. The summed E-state index contributed by atoms with van der Waals surface area (Å²) < 4.78 is 18.5. The highest BCUT2D eigenvalue weighted by molar-refractivity contribution is 6.31. The van der Waals surface area contributed by atoms with Gasteiger partial charge in [-0.15, -0.1) is 0 Å². The van der Waals surface area contributed by atoms with Crippen LogP contribution in [0.2, 0.25) is 5.02 Å². The molecule has 0 saturated heterocycles. The van der Waals surface area contributed by atoms with Crippen molar-refractivity contribution in [2.24, 2.45) is 0 Å². The van der Waals surface area contributed by atoms with Crippen molar-refractivity contribution in [3.05, 3.63) is 34.6 Å². The van der Waals surface area contributed by atoms with E-state index in [1.165, 1.54) is 12.1 Å². The number of rotatable bonds is 5. The molecule has 0 aliphatic carbocycles. The van der Waals surface area contributed by atoms with Crippen LogP contribution in [0.25, 0.3) is 0 Å². The van der Waals surface area contributed by atoms with Gasteiger partial charge in [0, 0.05) is 12.1 Å². The van der Waals surface area contributed by atoms with Gasteiger partial charge in [-0.2, -0.15) is 0 Å². The van der Waals surface area contributed by atoms with Crippen LogP contribution >= 0.6 is 11.6 Å². The van der Waals surface area contributed by atoms with Gasteiger partial charge < -0.3 is 10.1 Å². The molecular weight excluding hydrogens is 229 g/mol. The first kappa shape index (κ1) is 13.4. The standard InChI is InChI=1S/C12H17ClFNO/c1-4-11(16-3)12(15-2)9-7-8(14)5-6-10(9)13/h5-7,11-12,15H,4H2,1-3H3. The van der Waals surface area contributed by atoms with E-state index >= 15 is 0 Å². The molecule has 0 radical (unpaired) electrons. The zero-order valence-corrected chi connectivity index (χ0v) is 10.5. The molecule has 0 saturated carbocycles. The van der Waals surface area contributed by atoms with Crippen molar-refractivity contribution in [3.63, 3.8) is 0 Å². The minimum absolute atomic E-state index is 0.0238. The van der Waals surface area contributed by atoms with Gasteiger partial charge in [0.1, 0.15) is 5.82 Å². The lowest BCUT2D eigenvalue weighted by molar-refractivity contribution is 0.0675. The average Bonchev–Trinajstić information content (AvgIpc) is 2.29. The molecule has 0 amide bonds. The van der Waals surface area contributed by atoms with E-state index in [-0.39, 0.29) is 18.0 Å². The first-order chi connectivity index (χ1) is 7.63. The Labute approximate surface area is 101 Å². The number of methoxy groups -OCH3 is 1. The third-order valence-electron chi connectivity index (χ3n) is 2.68. The van der Waals surface area contributed by atoms with Gasteiger partial charge in [-0.25, -0.2) is 4.39 Å². The summed E-state index contributed by atoms with van der Waals surface area (Å²) in [6.07, 6.45) is 0.804. The van der Waals surface area contributed by atoms with Gasteiger partial charge in [-0.1, -0.05) is 18.5 Å². The van der Waals surface area contributed by atoms with Gasteiger partial charge in [-0.3, -0.25) is 0 Å². The molecule has 0 spiro atoms. The van der Waals surface area contributed by atoms with Crippen molar-refractivity contribution < 1.29 is 9.13 Å². The third kappa shape index (κ3) is 2.94. The van der Waals surface area contributed by atoms with E-state index in [0.29, 0.717) is 5.02 Å². The zero-order valence-electron chi connectivity index (χ0n) is 9.76. The molecule has 2 nitrogen and oxygen atoms in total. The molecule has 0 aromatic heterocycles. The number of ether oxygens (including phenoxy) is 1. The predicted octanol–water partition coefficient (Wildman–Crippen LogP) is 3.16. The Morgan fingerprint density at radius 1 is 1.50 bits per heavy atom. The molecule has 0 aliphatic rings. The van der Waals surface area contributed by atoms with Crippen LogP contribution in [0.3, 0.4) is 0 Å². The highest BCUT2D eigenvalue weighted by Gasteiger charge is 2.22. The topological polar surface area (TPSA) is 21.3 Å². The van der Waals surface area contributed by atoms with Crippen LogP contribution in [-0.2, 0) is 4.74 Å². The Morgan fingerprint density at radius 2 is 2.19 bits per heavy atom. The Hall–Kier alpha value is -0.640. The number of hydrogen-bond acceptors (Lipinski definition) is 2. The molecule has 1 N–H and O–H groups in total. The van der Waals surface area contributed by atoms with Gasteiger partial charge in [0.25, 0.3) is 0 Å². The summed E-state index contributed by atoms with van der Waals surface area (Å²) in [7, 11) is 3.46. The second kappa shape index (κ2) is 6.18. The summed E-state index contributed by atoms with van der Waals surface area (Å²) in [5.41, 5.74) is 0.734. The third-order valence-corrected chi connectivity index (χ3v) is 3.03. The fraction of sp³-hybridized carbons (Fsp3) is 0.500. The molecule has 0 aliphatic heterocycles.